The molecule has 3 rings (SSSR count). The number of hydrogen-bond acceptors (Lipinski definition) is 6. The molecule has 0 radical (unpaired) electrons. The Morgan fingerprint density at radius 3 is 2.44 bits per heavy atom. The van der Waals surface area contributed by atoms with Gasteiger partial charge in [-0.25, -0.2) is 4.79 Å². The first-order valence-electron chi connectivity index (χ1n) is 7.74. The van der Waals surface area contributed by atoms with Gasteiger partial charge in [-0.15, -0.1) is 11.3 Å². The van der Waals surface area contributed by atoms with Crippen molar-refractivity contribution in [1.29, 1.82) is 0 Å². The van der Waals surface area contributed by atoms with Crippen LogP contribution in [0.3, 0.4) is 0 Å². The number of nitrogens with zero attached hydrogens (tertiary/aromatic N) is 1. The molecule has 8 heteroatoms. The van der Waals surface area contributed by atoms with Crippen molar-refractivity contribution in [2.75, 3.05) is 18.0 Å². The average molecular weight is 379 g/mol. The fourth-order valence-corrected chi connectivity index (χ4v) is 4.33. The Labute approximate surface area is 149 Å². The average Bonchev–Trinajstić information content (AvgIpc) is 3.05. The minimum Gasteiger partial charge on any atom is -0.422 e. The van der Waals surface area contributed by atoms with Gasteiger partial charge in [-0.3, -0.25) is 4.55 Å². The number of rotatable bonds is 5. The van der Waals surface area contributed by atoms with E-state index >= 15 is 0 Å². The molecular weight excluding hydrogens is 362 g/mol. The number of benzene rings is 1. The first-order chi connectivity index (χ1) is 11.8. The summed E-state index contributed by atoms with van der Waals surface area (Å²) in [5, 5.41) is 0.743. The van der Waals surface area contributed by atoms with Crippen LogP contribution in [0.4, 0.5) is 5.69 Å². The summed E-state index contributed by atoms with van der Waals surface area (Å²) in [7, 11) is -4.29. The van der Waals surface area contributed by atoms with Crippen LogP contribution >= 0.6 is 11.3 Å². The predicted octanol–water partition coefficient (Wildman–Crippen LogP) is 3.61. The molecule has 2 heterocycles. The molecule has 0 saturated carbocycles. The Kier molecular flexibility index (Phi) is 4.68. The third-order valence-corrected chi connectivity index (χ3v) is 6.39. The summed E-state index contributed by atoms with van der Waals surface area (Å²) >= 11 is 0.825. The summed E-state index contributed by atoms with van der Waals surface area (Å²) in [6.07, 6.45) is 0. The van der Waals surface area contributed by atoms with Crippen LogP contribution in [0.2, 0.25) is 0 Å². The minimum absolute atomic E-state index is 0.209. The lowest BCUT2D eigenvalue weighted by Crippen LogP contribution is -2.21. The third-order valence-electron chi connectivity index (χ3n) is 3.95. The van der Waals surface area contributed by atoms with Crippen molar-refractivity contribution in [2.45, 2.75) is 18.1 Å². The molecule has 0 fully saturated rings. The highest BCUT2D eigenvalue weighted by atomic mass is 32.3. The second-order valence-electron chi connectivity index (χ2n) is 5.44. The minimum atomic E-state index is -4.29. The van der Waals surface area contributed by atoms with E-state index in [0.29, 0.717) is 10.5 Å². The second kappa shape index (κ2) is 6.62. The molecule has 0 amide bonds. The molecule has 0 aliphatic carbocycles. The quantitative estimate of drug-likeness (QED) is 0.538. The van der Waals surface area contributed by atoms with Crippen LogP contribution in [-0.4, -0.2) is 26.1 Å². The van der Waals surface area contributed by atoms with Crippen molar-refractivity contribution in [2.24, 2.45) is 0 Å². The molecule has 132 valence electrons. The van der Waals surface area contributed by atoms with Crippen LogP contribution in [0.1, 0.15) is 13.8 Å². The smallest absolute Gasteiger partial charge is 0.345 e. The lowest BCUT2D eigenvalue weighted by atomic mass is 10.1. The Hall–Kier alpha value is -2.16. The van der Waals surface area contributed by atoms with E-state index in [-0.39, 0.29) is 9.77 Å². The Balaban J connectivity index is 2.10. The molecule has 0 aliphatic heterocycles. The maximum absolute atomic E-state index is 12.3. The number of hydrogen-bond donors (Lipinski definition) is 1. The zero-order valence-corrected chi connectivity index (χ0v) is 15.4. The molecule has 1 N–H and O–H groups in total. The largest absolute Gasteiger partial charge is 0.422 e. The Bertz CT molecular complexity index is 1080. The van der Waals surface area contributed by atoms with E-state index in [0.717, 1.165) is 35.5 Å². The number of fused-ring (bicyclic) bond motifs is 1. The first kappa shape index (κ1) is 17.7. The Morgan fingerprint density at radius 1 is 1.12 bits per heavy atom. The van der Waals surface area contributed by atoms with Gasteiger partial charge < -0.3 is 9.32 Å². The molecule has 3 aromatic rings. The van der Waals surface area contributed by atoms with Crippen molar-refractivity contribution in [1.82, 2.24) is 0 Å². The fourth-order valence-electron chi connectivity index (χ4n) is 2.66. The summed E-state index contributed by atoms with van der Waals surface area (Å²) in [4.78, 5) is 14.9. The van der Waals surface area contributed by atoms with Gasteiger partial charge in [0.25, 0.3) is 0 Å². The SMILES string of the molecule is CCN(CC)c1ccc2cc(-c3ccc(S(=O)(=O)O)s3)c(=O)oc2c1. The maximum atomic E-state index is 12.3. The molecule has 0 saturated heterocycles. The van der Waals surface area contributed by atoms with E-state index in [9.17, 15) is 13.2 Å². The van der Waals surface area contributed by atoms with Crippen LogP contribution in [-0.2, 0) is 10.1 Å². The molecule has 2 aromatic heterocycles. The van der Waals surface area contributed by atoms with Crippen molar-refractivity contribution < 1.29 is 17.4 Å². The highest BCUT2D eigenvalue weighted by molar-refractivity contribution is 7.88. The first-order valence-corrected chi connectivity index (χ1v) is 9.99. The summed E-state index contributed by atoms with van der Waals surface area (Å²) in [5.74, 6) is 0. The normalized spacial score (nSPS) is 11.8. The summed E-state index contributed by atoms with van der Waals surface area (Å²) < 4.78 is 36.7. The van der Waals surface area contributed by atoms with E-state index in [1.807, 2.05) is 18.2 Å². The lowest BCUT2D eigenvalue weighted by molar-refractivity contribution is 0.485. The van der Waals surface area contributed by atoms with Gasteiger partial charge in [-0.2, -0.15) is 8.42 Å². The topological polar surface area (TPSA) is 87.8 Å². The van der Waals surface area contributed by atoms with Crippen LogP contribution < -0.4 is 10.5 Å². The van der Waals surface area contributed by atoms with Gasteiger partial charge in [0.15, 0.2) is 0 Å². The summed E-state index contributed by atoms with van der Waals surface area (Å²) in [6.45, 7) is 5.79. The van der Waals surface area contributed by atoms with E-state index in [2.05, 4.69) is 18.7 Å². The van der Waals surface area contributed by atoms with Gasteiger partial charge >= 0.3 is 15.7 Å². The second-order valence-corrected chi connectivity index (χ2v) is 8.17. The fraction of sp³-hybridized carbons (Fsp3) is 0.235. The lowest BCUT2D eigenvalue weighted by Gasteiger charge is -2.20. The van der Waals surface area contributed by atoms with Crippen molar-refractivity contribution >= 4 is 38.1 Å². The van der Waals surface area contributed by atoms with Gasteiger partial charge in [-0.05, 0) is 44.2 Å². The van der Waals surface area contributed by atoms with Crippen molar-refractivity contribution in [3.63, 3.8) is 0 Å². The van der Waals surface area contributed by atoms with Crippen molar-refractivity contribution in [3.8, 4) is 10.4 Å². The van der Waals surface area contributed by atoms with Crippen LogP contribution in [0, 0.1) is 0 Å². The van der Waals surface area contributed by atoms with Gasteiger partial charge in [0, 0.05) is 35.1 Å². The van der Waals surface area contributed by atoms with Gasteiger partial charge in [0.1, 0.15) is 9.79 Å². The summed E-state index contributed by atoms with van der Waals surface area (Å²) in [5.41, 5.74) is 1.17. The molecule has 0 unspecified atom stereocenters. The monoisotopic (exact) mass is 379 g/mol. The number of anilines is 1. The molecule has 0 bridgehead atoms. The van der Waals surface area contributed by atoms with Crippen LogP contribution in [0.5, 0.6) is 0 Å². The van der Waals surface area contributed by atoms with Crippen LogP contribution in [0.15, 0.2) is 49.8 Å². The molecule has 6 nitrogen and oxygen atoms in total. The Morgan fingerprint density at radius 2 is 1.84 bits per heavy atom. The van der Waals surface area contributed by atoms with E-state index in [1.54, 1.807) is 6.07 Å². The van der Waals surface area contributed by atoms with Gasteiger partial charge in [0.2, 0.25) is 0 Å². The molecule has 1 aromatic carbocycles. The van der Waals surface area contributed by atoms with E-state index in [4.69, 9.17) is 8.97 Å². The molecule has 0 atom stereocenters. The standard InChI is InChI=1S/C17H17NO5S2/c1-3-18(4-2)12-6-5-11-9-13(17(19)23-14(11)10-12)15-7-8-16(24-15)25(20,21)22/h5-10H,3-4H2,1-2H3,(H,20,21,22). The van der Waals surface area contributed by atoms with Gasteiger partial charge in [-0.1, -0.05) is 0 Å². The van der Waals surface area contributed by atoms with E-state index < -0.39 is 15.7 Å². The molecule has 0 aliphatic rings. The number of thiophene rings is 1. The molecule has 25 heavy (non-hydrogen) atoms. The molecular formula is C17H17NO5S2. The summed E-state index contributed by atoms with van der Waals surface area (Å²) in [6, 6.07) is 10.1. The highest BCUT2D eigenvalue weighted by Gasteiger charge is 2.16. The van der Waals surface area contributed by atoms with Gasteiger partial charge in [0.05, 0.1) is 5.56 Å². The predicted molar refractivity (Wildman–Crippen MR) is 99.2 cm³/mol. The van der Waals surface area contributed by atoms with Crippen LogP contribution in [0.25, 0.3) is 21.4 Å². The third kappa shape index (κ3) is 3.46. The van der Waals surface area contributed by atoms with E-state index in [1.165, 1.54) is 12.1 Å². The molecule has 0 spiro atoms. The zero-order valence-electron chi connectivity index (χ0n) is 13.7. The maximum Gasteiger partial charge on any atom is 0.345 e. The highest BCUT2D eigenvalue weighted by Crippen LogP contribution is 2.31. The van der Waals surface area contributed by atoms with Crippen molar-refractivity contribution in [3.05, 3.63) is 46.8 Å². The zero-order chi connectivity index (χ0) is 18.2.